The van der Waals surface area contributed by atoms with Crippen molar-refractivity contribution in [3.05, 3.63) is 12.4 Å². The lowest BCUT2D eigenvalue weighted by atomic mass is 9.84. The number of aromatic nitrogens is 2. The molecular weight excluding hydrogens is 246 g/mol. The van der Waals surface area contributed by atoms with E-state index in [9.17, 15) is 0 Å². The molecule has 1 heterocycles. The van der Waals surface area contributed by atoms with E-state index >= 15 is 0 Å². The summed E-state index contributed by atoms with van der Waals surface area (Å²) >= 11 is 0. The maximum atomic E-state index is 4.59. The smallest absolute Gasteiger partial charge is 0.203 e. The Kier molecular flexibility index (Phi) is 4.64. The minimum Gasteiger partial charge on any atom is -0.353 e. The first kappa shape index (κ1) is 14.0. The number of hydrogen-bond acceptors (Lipinski definition) is 2. The van der Waals surface area contributed by atoms with Crippen molar-refractivity contribution in [1.82, 2.24) is 9.55 Å². The summed E-state index contributed by atoms with van der Waals surface area (Å²) in [6, 6.07) is 1.32. The third kappa shape index (κ3) is 3.18. The molecule has 3 heteroatoms. The molecule has 2 unspecified atom stereocenters. The normalized spacial score (nSPS) is 28.4. The Morgan fingerprint density at radius 3 is 2.80 bits per heavy atom. The van der Waals surface area contributed by atoms with Gasteiger partial charge in [0.05, 0.1) is 0 Å². The van der Waals surface area contributed by atoms with Crippen molar-refractivity contribution in [3.8, 4) is 0 Å². The monoisotopic (exact) mass is 275 g/mol. The fourth-order valence-electron chi connectivity index (χ4n) is 4.05. The molecule has 2 atom stereocenters. The minimum atomic E-state index is 0.637. The molecule has 2 aliphatic rings. The maximum Gasteiger partial charge on any atom is 0.203 e. The van der Waals surface area contributed by atoms with Crippen LogP contribution < -0.4 is 5.32 Å². The molecule has 0 amide bonds. The van der Waals surface area contributed by atoms with Gasteiger partial charge in [0.15, 0.2) is 0 Å². The van der Waals surface area contributed by atoms with Gasteiger partial charge in [0, 0.05) is 24.5 Å². The lowest BCUT2D eigenvalue weighted by Gasteiger charge is -2.31. The maximum absolute atomic E-state index is 4.59. The number of anilines is 1. The highest BCUT2D eigenvalue weighted by Crippen LogP contribution is 2.32. The number of nitrogens with zero attached hydrogens (tertiary/aromatic N) is 2. The second-order valence-electron chi connectivity index (χ2n) is 6.73. The van der Waals surface area contributed by atoms with E-state index in [1.54, 1.807) is 0 Å². The molecule has 20 heavy (non-hydrogen) atoms. The Balaban J connectivity index is 1.63. The Bertz CT molecular complexity index is 406. The van der Waals surface area contributed by atoms with Crippen LogP contribution in [0, 0.1) is 5.92 Å². The van der Waals surface area contributed by atoms with E-state index in [2.05, 4.69) is 28.0 Å². The van der Waals surface area contributed by atoms with Crippen LogP contribution >= 0.6 is 0 Å². The summed E-state index contributed by atoms with van der Waals surface area (Å²) in [6.45, 7) is 2.33. The average molecular weight is 275 g/mol. The topological polar surface area (TPSA) is 29.9 Å². The molecule has 3 rings (SSSR count). The largest absolute Gasteiger partial charge is 0.353 e. The Morgan fingerprint density at radius 1 is 1.15 bits per heavy atom. The van der Waals surface area contributed by atoms with Crippen molar-refractivity contribution in [2.24, 2.45) is 5.92 Å². The van der Waals surface area contributed by atoms with E-state index in [4.69, 9.17) is 0 Å². The molecule has 1 N–H and O–H groups in total. The first-order chi connectivity index (χ1) is 9.86. The van der Waals surface area contributed by atoms with Gasteiger partial charge in [-0.15, -0.1) is 0 Å². The molecule has 0 aromatic carbocycles. The molecule has 2 saturated carbocycles. The fourth-order valence-corrected chi connectivity index (χ4v) is 4.05. The van der Waals surface area contributed by atoms with Crippen LogP contribution in [0.5, 0.6) is 0 Å². The molecule has 112 valence electrons. The summed E-state index contributed by atoms with van der Waals surface area (Å²) in [7, 11) is 0. The van der Waals surface area contributed by atoms with E-state index in [1.807, 2.05) is 6.20 Å². The van der Waals surface area contributed by atoms with E-state index in [1.165, 1.54) is 64.2 Å². The van der Waals surface area contributed by atoms with Gasteiger partial charge in [-0.1, -0.05) is 45.4 Å². The summed E-state index contributed by atoms with van der Waals surface area (Å²) in [6.07, 6.45) is 17.7. The summed E-state index contributed by atoms with van der Waals surface area (Å²) in [5.41, 5.74) is 0. The van der Waals surface area contributed by atoms with Crippen LogP contribution in [0.25, 0.3) is 0 Å². The summed E-state index contributed by atoms with van der Waals surface area (Å²) in [5.74, 6) is 2.04. The highest BCUT2D eigenvalue weighted by atomic mass is 15.2. The van der Waals surface area contributed by atoms with Crippen LogP contribution in [0.1, 0.15) is 77.2 Å². The second-order valence-corrected chi connectivity index (χ2v) is 6.73. The van der Waals surface area contributed by atoms with Crippen LogP contribution in [0.3, 0.4) is 0 Å². The summed E-state index contributed by atoms with van der Waals surface area (Å²) < 4.78 is 2.41. The Morgan fingerprint density at radius 2 is 2.00 bits per heavy atom. The highest BCUT2D eigenvalue weighted by Gasteiger charge is 2.23. The standard InChI is InChI=1S/C17H29N3/c1-2-14-7-6-8-15(13-14)19-17-18-11-12-20(17)16-9-4-3-5-10-16/h11-12,14-16H,2-10,13H2,1H3,(H,18,19). The molecule has 0 radical (unpaired) electrons. The van der Waals surface area contributed by atoms with Crippen molar-refractivity contribution in [1.29, 1.82) is 0 Å². The molecule has 3 nitrogen and oxygen atoms in total. The summed E-state index contributed by atoms with van der Waals surface area (Å²) in [4.78, 5) is 4.59. The third-order valence-corrected chi connectivity index (χ3v) is 5.33. The zero-order valence-electron chi connectivity index (χ0n) is 12.9. The number of hydrogen-bond donors (Lipinski definition) is 1. The predicted octanol–water partition coefficient (Wildman–Crippen LogP) is 4.77. The van der Waals surface area contributed by atoms with E-state index in [-0.39, 0.29) is 0 Å². The predicted molar refractivity (Wildman–Crippen MR) is 84.0 cm³/mol. The Hall–Kier alpha value is -0.990. The van der Waals surface area contributed by atoms with Crippen molar-refractivity contribution in [2.75, 3.05) is 5.32 Å². The lowest BCUT2D eigenvalue weighted by molar-refractivity contribution is 0.322. The number of nitrogens with one attached hydrogen (secondary N) is 1. The van der Waals surface area contributed by atoms with Crippen LogP contribution in [0.15, 0.2) is 12.4 Å². The molecule has 0 aliphatic heterocycles. The van der Waals surface area contributed by atoms with Gasteiger partial charge in [-0.05, 0) is 31.6 Å². The summed E-state index contributed by atoms with van der Waals surface area (Å²) in [5, 5.41) is 3.74. The van der Waals surface area contributed by atoms with Gasteiger partial charge in [0.2, 0.25) is 5.95 Å². The molecular formula is C17H29N3. The molecule has 1 aromatic rings. The van der Waals surface area contributed by atoms with Crippen LogP contribution in [-0.4, -0.2) is 15.6 Å². The highest BCUT2D eigenvalue weighted by molar-refractivity contribution is 5.28. The zero-order valence-corrected chi connectivity index (χ0v) is 12.9. The van der Waals surface area contributed by atoms with Gasteiger partial charge in [0.25, 0.3) is 0 Å². The number of rotatable bonds is 4. The SMILES string of the molecule is CCC1CCCC(Nc2nccn2C2CCCCC2)C1. The molecule has 0 saturated heterocycles. The van der Waals surface area contributed by atoms with Gasteiger partial charge in [-0.2, -0.15) is 0 Å². The van der Waals surface area contributed by atoms with Gasteiger partial charge >= 0.3 is 0 Å². The van der Waals surface area contributed by atoms with Crippen LogP contribution in [-0.2, 0) is 0 Å². The van der Waals surface area contributed by atoms with Gasteiger partial charge in [0.1, 0.15) is 0 Å². The van der Waals surface area contributed by atoms with Crippen molar-refractivity contribution < 1.29 is 0 Å². The fraction of sp³-hybridized carbons (Fsp3) is 0.824. The van der Waals surface area contributed by atoms with Gasteiger partial charge < -0.3 is 9.88 Å². The van der Waals surface area contributed by atoms with E-state index in [0.29, 0.717) is 12.1 Å². The van der Waals surface area contributed by atoms with E-state index in [0.717, 1.165) is 11.9 Å². The van der Waals surface area contributed by atoms with Crippen molar-refractivity contribution in [2.45, 2.75) is 83.2 Å². The quantitative estimate of drug-likeness (QED) is 0.858. The average Bonchev–Trinajstić information content (AvgIpc) is 2.96. The second kappa shape index (κ2) is 6.64. The Labute approximate surface area is 123 Å². The molecule has 2 aliphatic carbocycles. The lowest BCUT2D eigenvalue weighted by Crippen LogP contribution is -2.29. The first-order valence-corrected chi connectivity index (χ1v) is 8.66. The molecule has 0 bridgehead atoms. The van der Waals surface area contributed by atoms with Crippen LogP contribution in [0.4, 0.5) is 5.95 Å². The molecule has 0 spiro atoms. The van der Waals surface area contributed by atoms with E-state index < -0.39 is 0 Å². The number of imidazole rings is 1. The first-order valence-electron chi connectivity index (χ1n) is 8.66. The van der Waals surface area contributed by atoms with Gasteiger partial charge in [-0.3, -0.25) is 0 Å². The minimum absolute atomic E-state index is 0.637. The van der Waals surface area contributed by atoms with Gasteiger partial charge in [-0.25, -0.2) is 4.98 Å². The zero-order chi connectivity index (χ0) is 13.8. The van der Waals surface area contributed by atoms with Crippen molar-refractivity contribution >= 4 is 5.95 Å². The molecule has 1 aromatic heterocycles. The van der Waals surface area contributed by atoms with Crippen LogP contribution in [0.2, 0.25) is 0 Å². The van der Waals surface area contributed by atoms with Crippen molar-refractivity contribution in [3.63, 3.8) is 0 Å². The molecule has 2 fully saturated rings. The third-order valence-electron chi connectivity index (χ3n) is 5.33.